The number of rotatable bonds is 2. The normalized spacial score (nSPS) is 9.67. The molecule has 1 amide bonds. The van der Waals surface area contributed by atoms with Crippen molar-refractivity contribution in [2.45, 2.75) is 6.92 Å². The van der Waals surface area contributed by atoms with E-state index >= 15 is 0 Å². The molecule has 0 saturated heterocycles. The molecular formula is C16H14FN3O. The van der Waals surface area contributed by atoms with Gasteiger partial charge in [0.15, 0.2) is 0 Å². The Bertz CT molecular complexity index is 732. The summed E-state index contributed by atoms with van der Waals surface area (Å²) in [5, 5.41) is 2.66. The fourth-order valence-electron chi connectivity index (χ4n) is 1.80. The number of anilines is 1. The van der Waals surface area contributed by atoms with Crippen LogP contribution in [0.3, 0.4) is 0 Å². The molecule has 0 spiro atoms. The third kappa shape index (κ3) is 3.88. The van der Waals surface area contributed by atoms with E-state index < -0.39 is 0 Å². The molecule has 2 rings (SSSR count). The molecule has 1 aromatic heterocycles. The van der Waals surface area contributed by atoms with Crippen molar-refractivity contribution in [3.8, 4) is 11.8 Å². The van der Waals surface area contributed by atoms with E-state index in [1.54, 1.807) is 25.3 Å². The summed E-state index contributed by atoms with van der Waals surface area (Å²) in [4.78, 5) is 16.2. The summed E-state index contributed by atoms with van der Waals surface area (Å²) in [5.41, 5.74) is 6.98. The van der Waals surface area contributed by atoms with Gasteiger partial charge in [-0.05, 0) is 42.8 Å². The highest BCUT2D eigenvalue weighted by Crippen LogP contribution is 2.13. The molecule has 0 fully saturated rings. The second-order valence-corrected chi connectivity index (χ2v) is 4.35. The van der Waals surface area contributed by atoms with Crippen LogP contribution in [-0.2, 0) is 0 Å². The number of halogens is 1. The van der Waals surface area contributed by atoms with Crippen LogP contribution in [0.2, 0.25) is 0 Å². The highest BCUT2D eigenvalue weighted by molar-refractivity contribution is 6.04. The first-order valence-electron chi connectivity index (χ1n) is 6.32. The summed E-state index contributed by atoms with van der Waals surface area (Å²) < 4.78 is 13.0. The van der Waals surface area contributed by atoms with E-state index in [1.807, 2.05) is 0 Å². The molecule has 0 aliphatic carbocycles. The minimum atomic E-state index is -0.374. The van der Waals surface area contributed by atoms with E-state index in [0.29, 0.717) is 22.5 Å². The van der Waals surface area contributed by atoms with Crippen LogP contribution < -0.4 is 11.1 Å². The molecule has 0 aliphatic rings. The Labute approximate surface area is 122 Å². The molecule has 0 radical (unpaired) electrons. The van der Waals surface area contributed by atoms with Gasteiger partial charge in [-0.25, -0.2) is 9.37 Å². The zero-order valence-electron chi connectivity index (χ0n) is 11.5. The van der Waals surface area contributed by atoms with Crippen molar-refractivity contribution in [2.75, 3.05) is 11.9 Å². The van der Waals surface area contributed by atoms with Crippen LogP contribution in [-0.4, -0.2) is 17.4 Å². The number of benzene rings is 1. The van der Waals surface area contributed by atoms with E-state index in [4.69, 9.17) is 5.73 Å². The van der Waals surface area contributed by atoms with Gasteiger partial charge in [0.05, 0.1) is 6.54 Å². The first-order valence-corrected chi connectivity index (χ1v) is 6.32. The van der Waals surface area contributed by atoms with Gasteiger partial charge in [-0.15, -0.1) is 0 Å². The second kappa shape index (κ2) is 6.64. The number of pyridine rings is 1. The summed E-state index contributed by atoms with van der Waals surface area (Å²) in [6.07, 6.45) is 1.55. The van der Waals surface area contributed by atoms with Gasteiger partial charge in [0.2, 0.25) is 0 Å². The molecule has 5 heteroatoms. The molecule has 0 aliphatic heterocycles. The number of carbonyl (C=O) groups excluding carboxylic acids is 1. The Balaban J connectivity index is 2.19. The summed E-state index contributed by atoms with van der Waals surface area (Å²) in [5.74, 6) is 5.25. The summed E-state index contributed by atoms with van der Waals surface area (Å²) >= 11 is 0. The van der Waals surface area contributed by atoms with Crippen LogP contribution in [0.1, 0.15) is 21.5 Å². The number of hydrogen-bond donors (Lipinski definition) is 2. The van der Waals surface area contributed by atoms with Crippen LogP contribution in [0.15, 0.2) is 36.5 Å². The zero-order chi connectivity index (χ0) is 15.2. The standard InChI is InChI=1S/C16H14FN3O/c1-11-9-13(17)4-5-14(11)16(21)20-15-10-12(3-2-7-18)6-8-19-15/h4-6,8-10H,7,18H2,1H3,(H,19,20,21). The number of aryl methyl sites for hydroxylation is 1. The Morgan fingerprint density at radius 1 is 1.38 bits per heavy atom. The smallest absolute Gasteiger partial charge is 0.257 e. The van der Waals surface area contributed by atoms with Gasteiger partial charge in [0, 0.05) is 17.3 Å². The minimum absolute atomic E-state index is 0.263. The van der Waals surface area contributed by atoms with Gasteiger partial charge in [0.1, 0.15) is 11.6 Å². The number of carbonyl (C=O) groups is 1. The number of nitrogens with zero attached hydrogens (tertiary/aromatic N) is 1. The predicted molar refractivity (Wildman–Crippen MR) is 79.3 cm³/mol. The van der Waals surface area contributed by atoms with E-state index in [-0.39, 0.29) is 18.3 Å². The van der Waals surface area contributed by atoms with E-state index in [1.165, 1.54) is 18.2 Å². The molecule has 0 atom stereocenters. The Morgan fingerprint density at radius 3 is 2.90 bits per heavy atom. The summed E-state index contributed by atoms with van der Waals surface area (Å²) in [7, 11) is 0. The van der Waals surface area contributed by atoms with Gasteiger partial charge in [-0.3, -0.25) is 4.79 Å². The average molecular weight is 283 g/mol. The fraction of sp³-hybridized carbons (Fsp3) is 0.125. The SMILES string of the molecule is Cc1cc(F)ccc1C(=O)Nc1cc(C#CCN)ccn1. The first kappa shape index (κ1) is 14.7. The van der Waals surface area contributed by atoms with Crippen LogP contribution in [0.25, 0.3) is 0 Å². The molecule has 2 aromatic rings. The average Bonchev–Trinajstić information content (AvgIpc) is 2.45. The van der Waals surface area contributed by atoms with Gasteiger partial charge in [-0.2, -0.15) is 0 Å². The maximum absolute atomic E-state index is 13.0. The molecule has 0 saturated carbocycles. The molecule has 0 unspecified atom stereocenters. The Hall–Kier alpha value is -2.71. The van der Waals surface area contributed by atoms with E-state index in [9.17, 15) is 9.18 Å². The molecule has 0 bridgehead atoms. The summed E-state index contributed by atoms with van der Waals surface area (Å²) in [6.45, 7) is 1.94. The van der Waals surface area contributed by atoms with Gasteiger partial charge in [0.25, 0.3) is 5.91 Å². The van der Waals surface area contributed by atoms with E-state index in [2.05, 4.69) is 22.1 Å². The molecule has 1 aromatic carbocycles. The second-order valence-electron chi connectivity index (χ2n) is 4.35. The third-order valence-corrected chi connectivity index (χ3v) is 2.77. The van der Waals surface area contributed by atoms with Crippen LogP contribution in [0.4, 0.5) is 10.2 Å². The minimum Gasteiger partial charge on any atom is -0.320 e. The van der Waals surface area contributed by atoms with Crippen molar-refractivity contribution >= 4 is 11.7 Å². The molecule has 3 N–H and O–H groups in total. The van der Waals surface area contributed by atoms with Crippen molar-refractivity contribution < 1.29 is 9.18 Å². The molecule has 106 valence electrons. The zero-order valence-corrected chi connectivity index (χ0v) is 11.5. The number of hydrogen-bond acceptors (Lipinski definition) is 3. The largest absolute Gasteiger partial charge is 0.320 e. The highest BCUT2D eigenvalue weighted by atomic mass is 19.1. The van der Waals surface area contributed by atoms with Crippen LogP contribution in [0, 0.1) is 24.6 Å². The van der Waals surface area contributed by atoms with Gasteiger partial charge < -0.3 is 11.1 Å². The molecular weight excluding hydrogens is 269 g/mol. The maximum Gasteiger partial charge on any atom is 0.257 e. The quantitative estimate of drug-likeness (QED) is 0.829. The molecule has 4 nitrogen and oxygen atoms in total. The van der Waals surface area contributed by atoms with Crippen molar-refractivity contribution in [1.29, 1.82) is 0 Å². The third-order valence-electron chi connectivity index (χ3n) is 2.77. The topological polar surface area (TPSA) is 68.0 Å². The first-order chi connectivity index (χ1) is 10.1. The lowest BCUT2D eigenvalue weighted by Gasteiger charge is -2.07. The number of nitrogens with one attached hydrogen (secondary N) is 1. The fourth-order valence-corrected chi connectivity index (χ4v) is 1.80. The number of amides is 1. The predicted octanol–water partition coefficient (Wildman–Crippen LogP) is 2.09. The lowest BCUT2D eigenvalue weighted by Crippen LogP contribution is -2.14. The lowest BCUT2D eigenvalue weighted by atomic mass is 10.1. The lowest BCUT2D eigenvalue weighted by molar-refractivity contribution is 0.102. The van der Waals surface area contributed by atoms with Crippen molar-refractivity contribution in [2.24, 2.45) is 5.73 Å². The van der Waals surface area contributed by atoms with Gasteiger partial charge in [-0.1, -0.05) is 11.8 Å². The Kier molecular flexibility index (Phi) is 4.64. The monoisotopic (exact) mass is 283 g/mol. The molecule has 1 heterocycles. The highest BCUT2D eigenvalue weighted by Gasteiger charge is 2.10. The molecule has 21 heavy (non-hydrogen) atoms. The number of nitrogens with two attached hydrogens (primary N) is 1. The summed E-state index contributed by atoms with van der Waals surface area (Å²) in [6, 6.07) is 7.38. The van der Waals surface area contributed by atoms with Crippen LogP contribution in [0.5, 0.6) is 0 Å². The van der Waals surface area contributed by atoms with Crippen molar-refractivity contribution in [1.82, 2.24) is 4.98 Å². The maximum atomic E-state index is 13.0. The van der Waals surface area contributed by atoms with E-state index in [0.717, 1.165) is 0 Å². The number of aromatic nitrogens is 1. The van der Waals surface area contributed by atoms with Crippen molar-refractivity contribution in [3.63, 3.8) is 0 Å². The van der Waals surface area contributed by atoms with Gasteiger partial charge >= 0.3 is 0 Å². The van der Waals surface area contributed by atoms with Crippen molar-refractivity contribution in [3.05, 3.63) is 59.0 Å². The Morgan fingerprint density at radius 2 is 2.19 bits per heavy atom. The van der Waals surface area contributed by atoms with Crippen LogP contribution >= 0.6 is 0 Å².